The second-order valence-electron chi connectivity index (χ2n) is 9.18. The average Bonchev–Trinajstić information content (AvgIpc) is 2.90. The molecule has 0 bridgehead atoms. The van der Waals surface area contributed by atoms with Gasteiger partial charge in [0.2, 0.25) is 11.8 Å². The molecule has 37 heavy (non-hydrogen) atoms. The van der Waals surface area contributed by atoms with Crippen molar-refractivity contribution >= 4 is 23.6 Å². The van der Waals surface area contributed by atoms with Crippen molar-refractivity contribution in [2.45, 2.75) is 45.2 Å². The molecule has 0 aliphatic carbocycles. The molecule has 0 radical (unpaired) electrons. The fourth-order valence-electron chi connectivity index (χ4n) is 3.94. The molecule has 4 N–H and O–H groups in total. The number of carbonyl (C=O) groups is 3. The summed E-state index contributed by atoms with van der Waals surface area (Å²) >= 11 is 0. The maximum absolute atomic E-state index is 13.1. The molecule has 3 rings (SSSR count). The number of aromatic nitrogens is 1. The van der Waals surface area contributed by atoms with Crippen LogP contribution in [0.15, 0.2) is 79.0 Å². The van der Waals surface area contributed by atoms with Crippen LogP contribution in [-0.4, -0.2) is 40.5 Å². The van der Waals surface area contributed by atoms with E-state index in [0.717, 1.165) is 16.9 Å². The molecule has 0 fully saturated rings. The van der Waals surface area contributed by atoms with Gasteiger partial charge in [-0.05, 0) is 41.2 Å². The molecule has 1 unspecified atom stereocenters. The van der Waals surface area contributed by atoms with Gasteiger partial charge in [-0.25, -0.2) is 4.98 Å². The number of nitrogens with one attached hydrogen (secondary N) is 3. The number of carboxylic acid groups (broad SMARTS) is 1. The summed E-state index contributed by atoms with van der Waals surface area (Å²) in [5.41, 5.74) is 2.73. The summed E-state index contributed by atoms with van der Waals surface area (Å²) in [5.74, 6) is -1.11. The van der Waals surface area contributed by atoms with Gasteiger partial charge in [0.1, 0.15) is 11.9 Å². The number of pyridine rings is 1. The van der Waals surface area contributed by atoms with Gasteiger partial charge in [0.05, 0.1) is 12.5 Å². The van der Waals surface area contributed by atoms with E-state index in [9.17, 15) is 19.5 Å². The number of carboxylic acids is 1. The summed E-state index contributed by atoms with van der Waals surface area (Å²) in [6.45, 7) is 4.25. The minimum atomic E-state index is -1.03. The Morgan fingerprint density at radius 2 is 1.54 bits per heavy atom. The zero-order chi connectivity index (χ0) is 26.6. The van der Waals surface area contributed by atoms with Crippen LogP contribution in [0.5, 0.6) is 0 Å². The van der Waals surface area contributed by atoms with Crippen LogP contribution in [0.3, 0.4) is 0 Å². The third-order valence-electron chi connectivity index (χ3n) is 5.93. The summed E-state index contributed by atoms with van der Waals surface area (Å²) in [7, 11) is 0. The predicted octanol–water partition coefficient (Wildman–Crippen LogP) is 4.41. The van der Waals surface area contributed by atoms with E-state index in [4.69, 9.17) is 0 Å². The zero-order valence-electron chi connectivity index (χ0n) is 21.2. The molecule has 0 spiro atoms. The Morgan fingerprint density at radius 3 is 2.16 bits per heavy atom. The monoisotopic (exact) mass is 502 g/mol. The van der Waals surface area contributed by atoms with Crippen LogP contribution in [0, 0.1) is 5.92 Å². The van der Waals surface area contributed by atoms with Crippen LogP contribution >= 0.6 is 0 Å². The standard InChI is InChI=1S/C29H34N4O4/c1-20(2)28(33-26(34)12-8-18-31-25-11-6-7-17-30-25)29(37)32-24(19-27(35)36)23-15-13-22(14-16-23)21-9-4-3-5-10-21/h3-7,9-11,13-17,20,24,28H,8,12,18-19H2,1-2H3,(H,30,31)(H,32,37)(H,33,34)(H,35,36)/t24?,28-/m0/s1. The first-order chi connectivity index (χ1) is 17.8. The summed E-state index contributed by atoms with van der Waals surface area (Å²) < 4.78 is 0. The highest BCUT2D eigenvalue weighted by Crippen LogP contribution is 2.24. The second kappa shape index (κ2) is 13.8. The lowest BCUT2D eigenvalue weighted by molar-refractivity contribution is -0.138. The number of hydrogen-bond acceptors (Lipinski definition) is 5. The lowest BCUT2D eigenvalue weighted by Gasteiger charge is -2.25. The third-order valence-corrected chi connectivity index (χ3v) is 5.93. The first-order valence-corrected chi connectivity index (χ1v) is 12.5. The van der Waals surface area contributed by atoms with Crippen molar-refractivity contribution < 1.29 is 19.5 Å². The van der Waals surface area contributed by atoms with Crippen molar-refractivity contribution in [3.8, 4) is 11.1 Å². The average molecular weight is 503 g/mol. The maximum atomic E-state index is 13.1. The minimum absolute atomic E-state index is 0.179. The third kappa shape index (κ3) is 8.75. The van der Waals surface area contributed by atoms with Gasteiger partial charge in [0.25, 0.3) is 0 Å². The highest BCUT2D eigenvalue weighted by molar-refractivity contribution is 5.88. The molecule has 8 nitrogen and oxygen atoms in total. The molecule has 0 aliphatic rings. The van der Waals surface area contributed by atoms with Crippen molar-refractivity contribution in [2.24, 2.45) is 5.92 Å². The van der Waals surface area contributed by atoms with Crippen molar-refractivity contribution in [1.82, 2.24) is 15.6 Å². The summed E-state index contributed by atoms with van der Waals surface area (Å²) in [6.07, 6.45) is 2.24. The largest absolute Gasteiger partial charge is 0.481 e. The normalized spacial score (nSPS) is 12.4. The number of amides is 2. The summed E-state index contributed by atoms with van der Waals surface area (Å²) in [5, 5.41) is 18.3. The van der Waals surface area contributed by atoms with Gasteiger partial charge in [0, 0.05) is 19.2 Å². The molecule has 2 atom stereocenters. The number of rotatable bonds is 13. The lowest BCUT2D eigenvalue weighted by atomic mass is 9.97. The van der Waals surface area contributed by atoms with E-state index >= 15 is 0 Å². The van der Waals surface area contributed by atoms with Crippen LogP contribution in [0.1, 0.15) is 44.7 Å². The van der Waals surface area contributed by atoms with Gasteiger partial charge >= 0.3 is 5.97 Å². The molecule has 2 aromatic carbocycles. The zero-order valence-corrected chi connectivity index (χ0v) is 21.2. The van der Waals surface area contributed by atoms with Gasteiger partial charge < -0.3 is 21.1 Å². The van der Waals surface area contributed by atoms with E-state index in [-0.39, 0.29) is 24.7 Å². The summed E-state index contributed by atoms with van der Waals surface area (Å²) in [6, 6.07) is 21.4. The molecule has 1 aromatic heterocycles. The molecule has 194 valence electrons. The number of anilines is 1. The van der Waals surface area contributed by atoms with E-state index in [1.165, 1.54) is 0 Å². The Kier molecular flexibility index (Phi) is 10.2. The van der Waals surface area contributed by atoms with Gasteiger partial charge in [-0.3, -0.25) is 14.4 Å². The van der Waals surface area contributed by atoms with Gasteiger partial charge in [0.15, 0.2) is 0 Å². The van der Waals surface area contributed by atoms with Crippen LogP contribution in [-0.2, 0) is 14.4 Å². The number of carbonyl (C=O) groups excluding carboxylic acids is 2. The van der Waals surface area contributed by atoms with Gasteiger partial charge in [-0.2, -0.15) is 0 Å². The Labute approximate surface area is 217 Å². The first-order valence-electron chi connectivity index (χ1n) is 12.5. The molecule has 3 aromatic rings. The van der Waals surface area contributed by atoms with Crippen molar-refractivity contribution in [1.29, 1.82) is 0 Å². The second-order valence-corrected chi connectivity index (χ2v) is 9.18. The Balaban J connectivity index is 1.59. The van der Waals surface area contributed by atoms with Crippen LogP contribution in [0.4, 0.5) is 5.82 Å². The first kappa shape index (κ1) is 27.4. The minimum Gasteiger partial charge on any atom is -0.481 e. The molecule has 1 heterocycles. The molecule has 2 amide bonds. The van der Waals surface area contributed by atoms with E-state index in [1.807, 2.05) is 86.6 Å². The maximum Gasteiger partial charge on any atom is 0.305 e. The van der Waals surface area contributed by atoms with Crippen LogP contribution < -0.4 is 16.0 Å². The highest BCUT2D eigenvalue weighted by Gasteiger charge is 2.27. The molecular weight excluding hydrogens is 468 g/mol. The van der Waals surface area contributed by atoms with Crippen LogP contribution in [0.25, 0.3) is 11.1 Å². The molecule has 0 aliphatic heterocycles. The summed E-state index contributed by atoms with van der Waals surface area (Å²) in [4.78, 5) is 41.4. The number of benzene rings is 2. The van der Waals surface area contributed by atoms with E-state index in [1.54, 1.807) is 6.20 Å². The SMILES string of the molecule is CC(C)[C@H](NC(=O)CCCNc1ccccn1)C(=O)NC(CC(=O)O)c1ccc(-c2ccccc2)cc1. The molecule has 8 heteroatoms. The predicted molar refractivity (Wildman–Crippen MR) is 144 cm³/mol. The Bertz CT molecular complexity index is 1150. The Hall–Kier alpha value is -4.20. The fraction of sp³-hybridized carbons (Fsp3) is 0.310. The molecule has 0 saturated heterocycles. The van der Waals surface area contributed by atoms with E-state index < -0.39 is 24.0 Å². The number of nitrogens with zero attached hydrogens (tertiary/aromatic N) is 1. The fourth-order valence-corrected chi connectivity index (χ4v) is 3.94. The number of aliphatic carboxylic acids is 1. The molecule has 0 saturated carbocycles. The van der Waals surface area contributed by atoms with Gasteiger partial charge in [-0.1, -0.05) is 74.5 Å². The van der Waals surface area contributed by atoms with Crippen molar-refractivity contribution in [3.63, 3.8) is 0 Å². The van der Waals surface area contributed by atoms with Gasteiger partial charge in [-0.15, -0.1) is 0 Å². The van der Waals surface area contributed by atoms with Crippen molar-refractivity contribution in [2.75, 3.05) is 11.9 Å². The Morgan fingerprint density at radius 1 is 0.865 bits per heavy atom. The highest BCUT2D eigenvalue weighted by atomic mass is 16.4. The van der Waals surface area contributed by atoms with E-state index in [2.05, 4.69) is 20.9 Å². The quantitative estimate of drug-likeness (QED) is 0.257. The van der Waals surface area contributed by atoms with E-state index in [0.29, 0.717) is 18.5 Å². The van der Waals surface area contributed by atoms with Crippen molar-refractivity contribution in [3.05, 3.63) is 84.6 Å². The number of hydrogen-bond donors (Lipinski definition) is 4. The molecular formula is C29H34N4O4. The lowest BCUT2D eigenvalue weighted by Crippen LogP contribution is -2.50. The smallest absolute Gasteiger partial charge is 0.305 e. The van der Waals surface area contributed by atoms with Crippen LogP contribution in [0.2, 0.25) is 0 Å². The topological polar surface area (TPSA) is 120 Å².